The van der Waals surface area contributed by atoms with Crippen molar-refractivity contribution in [2.24, 2.45) is 0 Å². The summed E-state index contributed by atoms with van der Waals surface area (Å²) in [5.41, 5.74) is 2.27. The number of aliphatic hydroxyl groups is 1. The molecule has 0 fully saturated rings. The summed E-state index contributed by atoms with van der Waals surface area (Å²) >= 11 is 0. The van der Waals surface area contributed by atoms with E-state index in [1.54, 1.807) is 11.5 Å². The largest absolute Gasteiger partial charge is 0.392 e. The van der Waals surface area contributed by atoms with Crippen LogP contribution in [-0.2, 0) is 13.2 Å². The summed E-state index contributed by atoms with van der Waals surface area (Å²) in [6.07, 6.45) is 0. The molecular weight excluding hydrogens is 240 g/mol. The number of rotatable bonds is 3. The van der Waals surface area contributed by atoms with Crippen LogP contribution in [0.1, 0.15) is 28.3 Å². The lowest BCUT2D eigenvalue weighted by molar-refractivity contribution is 0.282. The molecule has 0 aliphatic carbocycles. The second-order valence-electron chi connectivity index (χ2n) is 4.14. The van der Waals surface area contributed by atoms with Crippen LogP contribution in [0, 0.1) is 29.6 Å². The maximum Gasteiger partial charge on any atom is 0.177 e. The highest BCUT2D eigenvalue weighted by molar-refractivity contribution is 5.38. The molecule has 0 radical (unpaired) electrons. The molecule has 0 atom stereocenters. The Morgan fingerprint density at radius 1 is 1.16 bits per heavy atom. The highest BCUT2D eigenvalue weighted by Gasteiger charge is 2.14. The molecule has 0 unspecified atom stereocenters. The first kappa shape index (κ1) is 12.8. The van der Waals surface area contributed by atoms with Crippen molar-refractivity contribution in [3.05, 3.63) is 52.6 Å². The van der Waals surface area contributed by atoms with Crippen molar-refractivity contribution in [1.82, 2.24) is 9.55 Å². The zero-order valence-corrected chi connectivity index (χ0v) is 10.5. The van der Waals surface area contributed by atoms with Gasteiger partial charge in [0.25, 0.3) is 0 Å². The number of benzene rings is 1. The van der Waals surface area contributed by atoms with E-state index >= 15 is 0 Å². The monoisotopic (exact) mass is 252 g/mol. The molecule has 1 heterocycles. The lowest BCUT2D eigenvalue weighted by Gasteiger charge is -2.07. The molecule has 2 rings (SSSR count). The summed E-state index contributed by atoms with van der Waals surface area (Å²) in [6, 6.07) is 11.4. The number of aromatic nitrogens is 2. The van der Waals surface area contributed by atoms with Crippen molar-refractivity contribution in [2.75, 3.05) is 0 Å². The number of nitriles is 2. The van der Waals surface area contributed by atoms with Crippen LogP contribution in [0.15, 0.2) is 24.3 Å². The van der Waals surface area contributed by atoms with Gasteiger partial charge in [-0.2, -0.15) is 10.5 Å². The number of hydrogen-bond donors (Lipinski definition) is 1. The lowest BCUT2D eigenvalue weighted by atomic mass is 10.1. The first-order chi connectivity index (χ1) is 9.19. The Kier molecular flexibility index (Phi) is 3.61. The number of nitrogens with zero attached hydrogens (tertiary/aromatic N) is 4. The van der Waals surface area contributed by atoms with Crippen LogP contribution in [0.4, 0.5) is 0 Å². The summed E-state index contributed by atoms with van der Waals surface area (Å²) in [7, 11) is 0. The van der Waals surface area contributed by atoms with E-state index < -0.39 is 0 Å². The Bertz CT molecular complexity index is 671. The molecule has 2 aromatic rings. The molecule has 0 aliphatic rings. The van der Waals surface area contributed by atoms with Crippen LogP contribution in [0.2, 0.25) is 0 Å². The van der Waals surface area contributed by atoms with Gasteiger partial charge in [0, 0.05) is 0 Å². The molecule has 0 saturated heterocycles. The summed E-state index contributed by atoms with van der Waals surface area (Å²) in [6.45, 7) is 2.26. The van der Waals surface area contributed by atoms with Gasteiger partial charge >= 0.3 is 0 Å². The van der Waals surface area contributed by atoms with E-state index in [2.05, 4.69) is 4.98 Å². The highest BCUT2D eigenvalue weighted by atomic mass is 16.3. The quantitative estimate of drug-likeness (QED) is 0.896. The number of imidazole rings is 1. The molecule has 1 N–H and O–H groups in total. The molecule has 1 aromatic heterocycles. The standard InChI is InChI=1S/C14H12N4O/c1-10-17-13(6-15)14(7-16)18(10)8-11-2-4-12(9-19)5-3-11/h2-5,19H,8-9H2,1H3. The van der Waals surface area contributed by atoms with Crippen LogP contribution in [0.25, 0.3) is 0 Å². The van der Waals surface area contributed by atoms with Gasteiger partial charge in [0.15, 0.2) is 11.4 Å². The fourth-order valence-corrected chi connectivity index (χ4v) is 1.88. The van der Waals surface area contributed by atoms with Gasteiger partial charge in [-0.3, -0.25) is 0 Å². The molecule has 1 aromatic carbocycles. The Labute approximate surface area is 111 Å². The summed E-state index contributed by atoms with van der Waals surface area (Å²) in [5.74, 6) is 0.638. The summed E-state index contributed by atoms with van der Waals surface area (Å²) in [4.78, 5) is 4.07. The molecule has 0 spiro atoms. The molecule has 0 bridgehead atoms. The third-order valence-electron chi connectivity index (χ3n) is 2.92. The predicted molar refractivity (Wildman–Crippen MR) is 67.9 cm³/mol. The van der Waals surface area contributed by atoms with Crippen molar-refractivity contribution in [1.29, 1.82) is 10.5 Å². The van der Waals surface area contributed by atoms with Gasteiger partial charge in [0.05, 0.1) is 13.2 Å². The zero-order valence-electron chi connectivity index (χ0n) is 10.5. The smallest absolute Gasteiger partial charge is 0.177 e. The fraction of sp³-hybridized carbons (Fsp3) is 0.214. The molecule has 0 saturated carbocycles. The Morgan fingerprint density at radius 3 is 2.32 bits per heavy atom. The zero-order chi connectivity index (χ0) is 13.8. The van der Waals surface area contributed by atoms with Crippen molar-refractivity contribution in [2.45, 2.75) is 20.1 Å². The van der Waals surface area contributed by atoms with E-state index in [0.29, 0.717) is 12.4 Å². The van der Waals surface area contributed by atoms with Crippen molar-refractivity contribution in [3.63, 3.8) is 0 Å². The van der Waals surface area contributed by atoms with Crippen LogP contribution in [-0.4, -0.2) is 14.7 Å². The number of aliphatic hydroxyl groups excluding tert-OH is 1. The van der Waals surface area contributed by atoms with Gasteiger partial charge < -0.3 is 9.67 Å². The van der Waals surface area contributed by atoms with Gasteiger partial charge in [0.1, 0.15) is 18.0 Å². The Morgan fingerprint density at radius 2 is 1.79 bits per heavy atom. The van der Waals surface area contributed by atoms with Crippen molar-refractivity contribution in [3.8, 4) is 12.1 Å². The SMILES string of the molecule is Cc1nc(C#N)c(C#N)n1Cc1ccc(CO)cc1. The van der Waals surface area contributed by atoms with Gasteiger partial charge in [-0.05, 0) is 18.1 Å². The van der Waals surface area contributed by atoms with Crippen LogP contribution in [0.3, 0.4) is 0 Å². The summed E-state index contributed by atoms with van der Waals surface area (Å²) < 4.78 is 1.71. The molecule has 5 heteroatoms. The summed E-state index contributed by atoms with van der Waals surface area (Å²) in [5, 5.41) is 27.0. The third-order valence-corrected chi connectivity index (χ3v) is 2.92. The van der Waals surface area contributed by atoms with Crippen molar-refractivity contribution < 1.29 is 5.11 Å². The first-order valence-corrected chi connectivity index (χ1v) is 5.75. The van der Waals surface area contributed by atoms with Gasteiger partial charge in [-0.1, -0.05) is 24.3 Å². The van der Waals surface area contributed by atoms with Gasteiger partial charge in [-0.25, -0.2) is 4.98 Å². The van der Waals surface area contributed by atoms with E-state index in [0.717, 1.165) is 11.1 Å². The van der Waals surface area contributed by atoms with E-state index in [-0.39, 0.29) is 18.0 Å². The van der Waals surface area contributed by atoms with Crippen molar-refractivity contribution >= 4 is 0 Å². The van der Waals surface area contributed by atoms with Gasteiger partial charge in [0.2, 0.25) is 0 Å². The maximum atomic E-state index is 9.11. The van der Waals surface area contributed by atoms with Crippen LogP contribution >= 0.6 is 0 Å². The average Bonchev–Trinajstić information content (AvgIpc) is 2.75. The first-order valence-electron chi connectivity index (χ1n) is 5.75. The van der Waals surface area contributed by atoms with Gasteiger partial charge in [-0.15, -0.1) is 0 Å². The predicted octanol–water partition coefficient (Wildman–Crippen LogP) is 1.48. The molecule has 0 aliphatic heterocycles. The lowest BCUT2D eigenvalue weighted by Crippen LogP contribution is -2.05. The third kappa shape index (κ3) is 2.47. The highest BCUT2D eigenvalue weighted by Crippen LogP contribution is 2.13. The molecule has 19 heavy (non-hydrogen) atoms. The Balaban J connectivity index is 2.36. The average molecular weight is 252 g/mol. The second-order valence-corrected chi connectivity index (χ2v) is 4.14. The number of hydrogen-bond acceptors (Lipinski definition) is 4. The molecule has 94 valence electrons. The molecule has 0 amide bonds. The molecule has 5 nitrogen and oxygen atoms in total. The minimum Gasteiger partial charge on any atom is -0.392 e. The van der Waals surface area contributed by atoms with E-state index in [1.165, 1.54) is 0 Å². The Hall–Kier alpha value is -2.63. The normalized spacial score (nSPS) is 9.89. The maximum absolute atomic E-state index is 9.11. The van der Waals surface area contributed by atoms with E-state index in [4.69, 9.17) is 15.6 Å². The fourth-order valence-electron chi connectivity index (χ4n) is 1.88. The van der Waals surface area contributed by atoms with E-state index in [1.807, 2.05) is 36.4 Å². The van der Waals surface area contributed by atoms with Crippen LogP contribution < -0.4 is 0 Å². The molecular formula is C14H12N4O. The number of aryl methyl sites for hydroxylation is 1. The van der Waals surface area contributed by atoms with E-state index in [9.17, 15) is 0 Å². The topological polar surface area (TPSA) is 85.6 Å². The minimum atomic E-state index is 0.00636. The minimum absolute atomic E-state index is 0.00636. The van der Waals surface area contributed by atoms with Crippen LogP contribution in [0.5, 0.6) is 0 Å². The second kappa shape index (κ2) is 5.34.